The Labute approximate surface area is 144 Å². The van der Waals surface area contributed by atoms with Crippen LogP contribution in [0.5, 0.6) is 5.75 Å². The summed E-state index contributed by atoms with van der Waals surface area (Å²) in [6.07, 6.45) is 0. The monoisotopic (exact) mass is 354 g/mol. The third kappa shape index (κ3) is 4.62. The molecule has 0 saturated heterocycles. The molecule has 0 unspecified atom stereocenters. The number of thioether (sulfide) groups is 1. The summed E-state index contributed by atoms with van der Waals surface area (Å²) in [5, 5.41) is 12.0. The van der Waals surface area contributed by atoms with Crippen LogP contribution in [0, 0.1) is 0 Å². The lowest BCUT2D eigenvalue weighted by molar-refractivity contribution is -0.120. The molecular formula is C15H19ClN4O2S. The highest BCUT2D eigenvalue weighted by molar-refractivity contribution is 8.00. The Morgan fingerprint density at radius 1 is 1.43 bits per heavy atom. The second-order valence-corrected chi connectivity index (χ2v) is 6.55. The molecule has 8 heteroatoms. The summed E-state index contributed by atoms with van der Waals surface area (Å²) in [6.45, 7) is 4.59. The molecule has 0 fully saturated rings. The van der Waals surface area contributed by atoms with Crippen molar-refractivity contribution in [2.45, 2.75) is 30.9 Å². The second kappa shape index (κ2) is 8.21. The van der Waals surface area contributed by atoms with Crippen LogP contribution in [0.1, 0.15) is 19.7 Å². The highest BCUT2D eigenvalue weighted by atomic mass is 35.5. The van der Waals surface area contributed by atoms with Crippen LogP contribution in [0.2, 0.25) is 5.02 Å². The third-order valence-electron chi connectivity index (χ3n) is 3.12. The van der Waals surface area contributed by atoms with Gasteiger partial charge in [-0.05, 0) is 26.0 Å². The molecule has 1 amide bonds. The summed E-state index contributed by atoms with van der Waals surface area (Å²) in [5.41, 5.74) is 0. The number of halogens is 1. The molecule has 23 heavy (non-hydrogen) atoms. The van der Waals surface area contributed by atoms with Crippen LogP contribution in [0.3, 0.4) is 0 Å². The van der Waals surface area contributed by atoms with E-state index in [1.54, 1.807) is 12.1 Å². The maximum Gasteiger partial charge on any atom is 0.233 e. The number of hydrogen-bond acceptors (Lipinski definition) is 5. The number of amides is 1. The van der Waals surface area contributed by atoms with E-state index in [2.05, 4.69) is 15.5 Å². The first-order valence-electron chi connectivity index (χ1n) is 7.22. The molecule has 0 aliphatic rings. The topological polar surface area (TPSA) is 69.0 Å². The summed E-state index contributed by atoms with van der Waals surface area (Å²) < 4.78 is 7.48. The number of carbonyl (C=O) groups excluding carboxylic acids is 1. The fourth-order valence-electron chi connectivity index (χ4n) is 1.81. The molecule has 1 aromatic carbocycles. The molecule has 124 valence electrons. The van der Waals surface area contributed by atoms with E-state index in [1.807, 2.05) is 37.6 Å². The first-order valence-corrected chi connectivity index (χ1v) is 8.48. The highest BCUT2D eigenvalue weighted by Gasteiger charge is 2.18. The van der Waals surface area contributed by atoms with Crippen molar-refractivity contribution in [2.24, 2.45) is 7.05 Å². The average molecular weight is 355 g/mol. The van der Waals surface area contributed by atoms with Crippen molar-refractivity contribution in [2.75, 3.05) is 6.54 Å². The average Bonchev–Trinajstić information content (AvgIpc) is 2.87. The van der Waals surface area contributed by atoms with E-state index in [0.29, 0.717) is 28.3 Å². The van der Waals surface area contributed by atoms with E-state index in [9.17, 15) is 4.79 Å². The van der Waals surface area contributed by atoms with Crippen molar-refractivity contribution in [1.82, 2.24) is 20.1 Å². The molecule has 0 aliphatic carbocycles. The number of hydrogen-bond donors (Lipinski definition) is 1. The Balaban J connectivity index is 1.99. The van der Waals surface area contributed by atoms with Crippen LogP contribution < -0.4 is 10.1 Å². The van der Waals surface area contributed by atoms with Crippen LogP contribution in [0.25, 0.3) is 0 Å². The van der Waals surface area contributed by atoms with E-state index in [-0.39, 0.29) is 17.8 Å². The van der Waals surface area contributed by atoms with Gasteiger partial charge in [-0.3, -0.25) is 4.79 Å². The molecule has 2 rings (SSSR count). The predicted octanol–water partition coefficient (Wildman–Crippen LogP) is 2.66. The summed E-state index contributed by atoms with van der Waals surface area (Å²) in [6, 6.07) is 7.26. The first kappa shape index (κ1) is 17.6. The number of benzene rings is 1. The van der Waals surface area contributed by atoms with Crippen LogP contribution >= 0.6 is 23.4 Å². The van der Waals surface area contributed by atoms with Crippen molar-refractivity contribution < 1.29 is 9.53 Å². The van der Waals surface area contributed by atoms with Crippen molar-refractivity contribution in [3.8, 4) is 5.75 Å². The van der Waals surface area contributed by atoms with Gasteiger partial charge in [0, 0.05) is 13.6 Å². The quantitative estimate of drug-likeness (QED) is 0.774. The minimum absolute atomic E-state index is 0.0191. The third-order valence-corrected chi connectivity index (χ3v) is 4.57. The maximum atomic E-state index is 11.8. The molecule has 1 atom stereocenters. The molecule has 1 aromatic heterocycles. The molecule has 0 spiro atoms. The molecule has 6 nitrogen and oxygen atoms in total. The lowest BCUT2D eigenvalue weighted by Crippen LogP contribution is -2.30. The SMILES string of the molecule is CCNC(=O)[C@H](C)Sc1nnc(COc2ccccc2Cl)n1C. The smallest absolute Gasteiger partial charge is 0.233 e. The van der Waals surface area contributed by atoms with E-state index < -0.39 is 0 Å². The summed E-state index contributed by atoms with van der Waals surface area (Å²) in [4.78, 5) is 11.8. The van der Waals surface area contributed by atoms with Gasteiger partial charge in [-0.15, -0.1) is 10.2 Å². The van der Waals surface area contributed by atoms with Gasteiger partial charge >= 0.3 is 0 Å². The van der Waals surface area contributed by atoms with E-state index in [4.69, 9.17) is 16.3 Å². The Morgan fingerprint density at radius 2 is 2.17 bits per heavy atom. The van der Waals surface area contributed by atoms with Gasteiger partial charge in [0.1, 0.15) is 12.4 Å². The lowest BCUT2D eigenvalue weighted by Gasteiger charge is -2.11. The summed E-state index contributed by atoms with van der Waals surface area (Å²) in [7, 11) is 1.85. The fraction of sp³-hybridized carbons (Fsp3) is 0.400. The predicted molar refractivity (Wildman–Crippen MR) is 90.8 cm³/mol. The van der Waals surface area contributed by atoms with Gasteiger partial charge in [-0.25, -0.2) is 0 Å². The largest absolute Gasteiger partial charge is 0.484 e. The Hall–Kier alpha value is -1.73. The maximum absolute atomic E-state index is 11.8. The minimum atomic E-state index is -0.241. The number of aromatic nitrogens is 3. The number of nitrogens with one attached hydrogen (secondary N) is 1. The number of ether oxygens (including phenoxy) is 1. The van der Waals surface area contributed by atoms with Crippen molar-refractivity contribution in [3.63, 3.8) is 0 Å². The fourth-order valence-corrected chi connectivity index (χ4v) is 2.86. The lowest BCUT2D eigenvalue weighted by atomic mass is 10.3. The zero-order chi connectivity index (χ0) is 16.8. The number of nitrogens with zero attached hydrogens (tertiary/aromatic N) is 3. The zero-order valence-corrected chi connectivity index (χ0v) is 14.8. The van der Waals surface area contributed by atoms with E-state index in [1.165, 1.54) is 11.8 Å². The number of carbonyl (C=O) groups is 1. The summed E-state index contributed by atoms with van der Waals surface area (Å²) in [5.74, 6) is 1.24. The second-order valence-electron chi connectivity index (χ2n) is 4.83. The van der Waals surface area contributed by atoms with Crippen molar-refractivity contribution in [1.29, 1.82) is 0 Å². The van der Waals surface area contributed by atoms with Crippen LogP contribution in [0.4, 0.5) is 0 Å². The van der Waals surface area contributed by atoms with E-state index in [0.717, 1.165) is 0 Å². The Morgan fingerprint density at radius 3 is 2.87 bits per heavy atom. The number of para-hydroxylation sites is 1. The summed E-state index contributed by atoms with van der Waals surface area (Å²) >= 11 is 7.41. The standard InChI is InChI=1S/C15H19ClN4O2S/c1-4-17-14(21)10(2)23-15-19-18-13(20(15)3)9-22-12-8-6-5-7-11(12)16/h5-8,10H,4,9H2,1-3H3,(H,17,21)/t10-/m0/s1. The molecule has 1 heterocycles. The molecule has 2 aromatic rings. The molecule has 1 N–H and O–H groups in total. The van der Waals surface area contributed by atoms with Crippen LogP contribution in [-0.2, 0) is 18.4 Å². The Bertz CT molecular complexity index is 677. The van der Waals surface area contributed by atoms with Crippen LogP contribution in [-0.4, -0.2) is 32.5 Å². The van der Waals surface area contributed by atoms with Gasteiger partial charge in [0.05, 0.1) is 10.3 Å². The molecule has 0 saturated carbocycles. The van der Waals surface area contributed by atoms with Crippen molar-refractivity contribution >= 4 is 29.3 Å². The number of rotatable bonds is 7. The van der Waals surface area contributed by atoms with E-state index >= 15 is 0 Å². The van der Waals surface area contributed by atoms with Gasteiger partial charge in [0.2, 0.25) is 5.91 Å². The van der Waals surface area contributed by atoms with Gasteiger partial charge in [0.15, 0.2) is 11.0 Å². The first-order chi connectivity index (χ1) is 11.0. The molecule has 0 bridgehead atoms. The molecular weight excluding hydrogens is 336 g/mol. The van der Waals surface area contributed by atoms with Crippen LogP contribution in [0.15, 0.2) is 29.4 Å². The van der Waals surface area contributed by atoms with Gasteiger partial charge in [0.25, 0.3) is 0 Å². The van der Waals surface area contributed by atoms with Gasteiger partial charge in [-0.1, -0.05) is 35.5 Å². The van der Waals surface area contributed by atoms with Gasteiger partial charge < -0.3 is 14.6 Å². The minimum Gasteiger partial charge on any atom is -0.484 e. The molecule has 0 radical (unpaired) electrons. The normalized spacial score (nSPS) is 12.0. The Kier molecular flexibility index (Phi) is 6.29. The van der Waals surface area contributed by atoms with Gasteiger partial charge in [-0.2, -0.15) is 0 Å². The highest BCUT2D eigenvalue weighted by Crippen LogP contribution is 2.25. The zero-order valence-electron chi connectivity index (χ0n) is 13.2. The molecule has 0 aliphatic heterocycles. The van der Waals surface area contributed by atoms with Crippen molar-refractivity contribution in [3.05, 3.63) is 35.1 Å².